The molecular weight excluding hydrogens is 314 g/mol. The minimum Gasteiger partial charge on any atom is -0.332 e. The van der Waals surface area contributed by atoms with Gasteiger partial charge < -0.3 is 10.2 Å². The number of anilines is 1. The quantitative estimate of drug-likeness (QED) is 0.878. The van der Waals surface area contributed by atoms with E-state index in [9.17, 15) is 9.59 Å². The Labute approximate surface area is 148 Å². The molecule has 0 aliphatic heterocycles. The van der Waals surface area contributed by atoms with Crippen LogP contribution in [-0.4, -0.2) is 27.7 Å². The van der Waals surface area contributed by atoms with Crippen LogP contribution in [-0.2, 0) is 11.3 Å². The molecule has 0 saturated heterocycles. The van der Waals surface area contributed by atoms with Gasteiger partial charge in [-0.3, -0.25) is 14.6 Å². The maximum atomic E-state index is 13.0. The maximum Gasteiger partial charge on any atom is 0.254 e. The van der Waals surface area contributed by atoms with E-state index in [2.05, 4.69) is 10.3 Å². The number of benzene rings is 1. The molecule has 3 rings (SSSR count). The predicted molar refractivity (Wildman–Crippen MR) is 97.0 cm³/mol. The van der Waals surface area contributed by atoms with Crippen LogP contribution < -0.4 is 5.32 Å². The lowest BCUT2D eigenvalue weighted by Gasteiger charge is -2.27. The van der Waals surface area contributed by atoms with Crippen LogP contribution in [0.15, 0.2) is 48.8 Å². The summed E-state index contributed by atoms with van der Waals surface area (Å²) >= 11 is 0. The van der Waals surface area contributed by atoms with E-state index in [0.717, 1.165) is 18.4 Å². The molecule has 0 spiro atoms. The lowest BCUT2D eigenvalue weighted by Crippen LogP contribution is -2.36. The highest BCUT2D eigenvalue weighted by Crippen LogP contribution is 2.30. The van der Waals surface area contributed by atoms with Gasteiger partial charge in [0, 0.05) is 42.1 Å². The topological polar surface area (TPSA) is 62.3 Å². The second kappa shape index (κ2) is 7.47. The third-order valence-corrected chi connectivity index (χ3v) is 4.29. The van der Waals surface area contributed by atoms with E-state index >= 15 is 0 Å². The van der Waals surface area contributed by atoms with Crippen LogP contribution in [0.3, 0.4) is 0 Å². The average Bonchev–Trinajstić information content (AvgIpc) is 3.45. The Morgan fingerprint density at radius 2 is 2.04 bits per heavy atom. The predicted octanol–water partition coefficient (Wildman–Crippen LogP) is 3.48. The molecule has 0 unspecified atom stereocenters. The summed E-state index contributed by atoms with van der Waals surface area (Å²) < 4.78 is 0. The van der Waals surface area contributed by atoms with Gasteiger partial charge in [0.15, 0.2) is 0 Å². The molecule has 1 aromatic carbocycles. The van der Waals surface area contributed by atoms with Gasteiger partial charge in [-0.25, -0.2) is 0 Å². The zero-order valence-electron chi connectivity index (χ0n) is 14.6. The fourth-order valence-electron chi connectivity index (χ4n) is 2.66. The number of pyridine rings is 1. The Bertz CT molecular complexity index is 755. The third kappa shape index (κ3) is 4.44. The lowest BCUT2D eigenvalue weighted by molar-refractivity contribution is -0.117. The van der Waals surface area contributed by atoms with E-state index in [1.165, 1.54) is 0 Å². The Kier molecular flexibility index (Phi) is 5.12. The normalized spacial score (nSPS) is 13.6. The molecule has 1 aliphatic rings. The van der Waals surface area contributed by atoms with E-state index in [1.54, 1.807) is 35.5 Å². The van der Waals surface area contributed by atoms with Gasteiger partial charge in [-0.05, 0) is 56.5 Å². The highest BCUT2D eigenvalue weighted by molar-refractivity contribution is 5.98. The van der Waals surface area contributed by atoms with Crippen LogP contribution in [0.1, 0.15) is 42.6 Å². The van der Waals surface area contributed by atoms with Gasteiger partial charge in [-0.15, -0.1) is 0 Å². The molecule has 1 saturated carbocycles. The molecule has 2 aromatic rings. The first-order valence-corrected chi connectivity index (χ1v) is 8.65. The van der Waals surface area contributed by atoms with Crippen molar-refractivity contribution in [1.82, 2.24) is 9.88 Å². The van der Waals surface area contributed by atoms with Crippen molar-refractivity contribution < 1.29 is 9.59 Å². The summed E-state index contributed by atoms with van der Waals surface area (Å²) in [6.45, 7) is 4.49. The molecule has 2 amide bonds. The average molecular weight is 337 g/mol. The number of rotatable bonds is 6. The third-order valence-electron chi connectivity index (χ3n) is 4.29. The molecule has 1 aromatic heterocycles. The van der Waals surface area contributed by atoms with Crippen molar-refractivity contribution in [3.8, 4) is 0 Å². The van der Waals surface area contributed by atoms with Crippen LogP contribution in [0.4, 0.5) is 5.69 Å². The number of hydrogen-bond acceptors (Lipinski definition) is 3. The largest absolute Gasteiger partial charge is 0.332 e. The van der Waals surface area contributed by atoms with Crippen molar-refractivity contribution in [2.75, 3.05) is 5.32 Å². The molecule has 25 heavy (non-hydrogen) atoms. The number of amides is 2. The SMILES string of the molecule is CC(C)N(Cc1cccnc1)C(=O)c1cccc(NC(=O)C2CC2)c1. The van der Waals surface area contributed by atoms with Gasteiger partial charge in [-0.2, -0.15) is 0 Å². The standard InChI is InChI=1S/C20H23N3O2/c1-14(2)23(13-15-5-4-10-21-12-15)20(25)17-6-3-7-18(11-17)22-19(24)16-8-9-16/h3-7,10-12,14,16H,8-9,13H2,1-2H3,(H,22,24). The van der Waals surface area contributed by atoms with Crippen molar-refractivity contribution in [3.63, 3.8) is 0 Å². The number of nitrogens with zero attached hydrogens (tertiary/aromatic N) is 2. The van der Waals surface area contributed by atoms with Crippen molar-refractivity contribution in [2.45, 2.75) is 39.3 Å². The first-order chi connectivity index (χ1) is 12.0. The minimum absolute atomic E-state index is 0.0423. The number of carbonyl (C=O) groups is 2. The molecule has 130 valence electrons. The number of carbonyl (C=O) groups excluding carboxylic acids is 2. The van der Waals surface area contributed by atoms with E-state index in [0.29, 0.717) is 17.8 Å². The first-order valence-electron chi connectivity index (χ1n) is 8.65. The number of hydrogen-bond donors (Lipinski definition) is 1. The first kappa shape index (κ1) is 17.1. The molecular formula is C20H23N3O2. The highest BCUT2D eigenvalue weighted by Gasteiger charge is 2.29. The van der Waals surface area contributed by atoms with Crippen molar-refractivity contribution in [1.29, 1.82) is 0 Å². The van der Waals surface area contributed by atoms with Gasteiger partial charge in [0.25, 0.3) is 5.91 Å². The van der Waals surface area contributed by atoms with E-state index in [1.807, 2.05) is 32.0 Å². The van der Waals surface area contributed by atoms with Gasteiger partial charge in [0.05, 0.1) is 0 Å². The molecule has 1 fully saturated rings. The van der Waals surface area contributed by atoms with Crippen LogP contribution in [0.5, 0.6) is 0 Å². The summed E-state index contributed by atoms with van der Waals surface area (Å²) in [5.41, 5.74) is 2.24. The summed E-state index contributed by atoms with van der Waals surface area (Å²) in [6.07, 6.45) is 5.40. The zero-order valence-corrected chi connectivity index (χ0v) is 14.6. The van der Waals surface area contributed by atoms with Crippen molar-refractivity contribution in [2.24, 2.45) is 5.92 Å². The van der Waals surface area contributed by atoms with Gasteiger partial charge in [-0.1, -0.05) is 12.1 Å². The van der Waals surface area contributed by atoms with Gasteiger partial charge in [0.2, 0.25) is 5.91 Å². The summed E-state index contributed by atoms with van der Waals surface area (Å²) in [7, 11) is 0. The second-order valence-electron chi connectivity index (χ2n) is 6.73. The van der Waals surface area contributed by atoms with Crippen LogP contribution in [0.25, 0.3) is 0 Å². The molecule has 1 aliphatic carbocycles. The second-order valence-corrected chi connectivity index (χ2v) is 6.73. The molecule has 0 bridgehead atoms. The summed E-state index contributed by atoms with van der Waals surface area (Å²) in [4.78, 5) is 30.8. The number of nitrogens with one attached hydrogen (secondary N) is 1. The molecule has 5 heteroatoms. The van der Waals surface area contributed by atoms with E-state index in [4.69, 9.17) is 0 Å². The molecule has 0 atom stereocenters. The smallest absolute Gasteiger partial charge is 0.254 e. The number of aromatic nitrogens is 1. The Hall–Kier alpha value is -2.69. The fraction of sp³-hybridized carbons (Fsp3) is 0.350. The fourth-order valence-corrected chi connectivity index (χ4v) is 2.66. The molecule has 1 heterocycles. The highest BCUT2D eigenvalue weighted by atomic mass is 16.2. The van der Waals surface area contributed by atoms with Crippen molar-refractivity contribution >= 4 is 17.5 Å². The Balaban J connectivity index is 1.76. The summed E-state index contributed by atoms with van der Waals surface area (Å²) in [5, 5.41) is 2.90. The lowest BCUT2D eigenvalue weighted by atomic mass is 10.1. The van der Waals surface area contributed by atoms with Crippen molar-refractivity contribution in [3.05, 3.63) is 59.9 Å². The zero-order chi connectivity index (χ0) is 17.8. The minimum atomic E-state index is -0.0543. The molecule has 1 N–H and O–H groups in total. The van der Waals surface area contributed by atoms with Gasteiger partial charge in [0.1, 0.15) is 0 Å². The Morgan fingerprint density at radius 3 is 2.68 bits per heavy atom. The Morgan fingerprint density at radius 1 is 1.24 bits per heavy atom. The van der Waals surface area contributed by atoms with E-state index in [-0.39, 0.29) is 23.8 Å². The maximum absolute atomic E-state index is 13.0. The van der Waals surface area contributed by atoms with Crippen LogP contribution >= 0.6 is 0 Å². The summed E-state index contributed by atoms with van der Waals surface area (Å²) in [5.74, 6) is 0.124. The molecule has 0 radical (unpaired) electrons. The monoisotopic (exact) mass is 337 g/mol. The van der Waals surface area contributed by atoms with Gasteiger partial charge >= 0.3 is 0 Å². The van der Waals surface area contributed by atoms with E-state index < -0.39 is 0 Å². The van der Waals surface area contributed by atoms with Crippen LogP contribution in [0.2, 0.25) is 0 Å². The van der Waals surface area contributed by atoms with Crippen LogP contribution in [0, 0.1) is 5.92 Å². The molecule has 5 nitrogen and oxygen atoms in total. The summed E-state index contributed by atoms with van der Waals surface area (Å²) in [6, 6.07) is 11.0.